The van der Waals surface area contributed by atoms with Crippen LogP contribution in [0, 0.1) is 0 Å². The van der Waals surface area contributed by atoms with Crippen molar-refractivity contribution in [2.75, 3.05) is 18.9 Å². The Kier molecular flexibility index (Phi) is 6.08. The van der Waals surface area contributed by atoms with Crippen LogP contribution in [0.2, 0.25) is 0 Å². The highest BCUT2D eigenvalue weighted by atomic mass is 35.5. The molecular weight excluding hydrogens is 309 g/mol. The summed E-state index contributed by atoms with van der Waals surface area (Å²) < 4.78 is 0. The van der Waals surface area contributed by atoms with Crippen molar-refractivity contribution in [2.24, 2.45) is 0 Å². The molecule has 0 amide bonds. The van der Waals surface area contributed by atoms with E-state index >= 15 is 0 Å². The smallest absolute Gasteiger partial charge is 0.253 e. The van der Waals surface area contributed by atoms with Crippen molar-refractivity contribution in [1.29, 1.82) is 0 Å². The van der Waals surface area contributed by atoms with Crippen LogP contribution in [0.15, 0.2) is 23.0 Å². The predicted molar refractivity (Wildman–Crippen MR) is 93.4 cm³/mol. The third-order valence-corrected chi connectivity index (χ3v) is 3.98. The number of halogens is 2. The molecule has 6 heteroatoms. The number of aromatic nitrogens is 1. The molecule has 21 heavy (non-hydrogen) atoms. The van der Waals surface area contributed by atoms with Gasteiger partial charge in [0.05, 0.1) is 11.2 Å². The second kappa shape index (κ2) is 7.16. The summed E-state index contributed by atoms with van der Waals surface area (Å²) in [6.07, 6.45) is 1.89. The van der Waals surface area contributed by atoms with Crippen LogP contribution in [0.1, 0.15) is 30.5 Å². The Morgan fingerprint density at radius 3 is 2.76 bits per heavy atom. The van der Waals surface area contributed by atoms with E-state index in [9.17, 15) is 4.79 Å². The highest BCUT2D eigenvalue weighted by Crippen LogP contribution is 2.28. The molecule has 2 heterocycles. The van der Waals surface area contributed by atoms with E-state index in [0.29, 0.717) is 0 Å². The first-order chi connectivity index (χ1) is 9.20. The van der Waals surface area contributed by atoms with Gasteiger partial charge in [0.2, 0.25) is 0 Å². The maximum atomic E-state index is 12.1. The summed E-state index contributed by atoms with van der Waals surface area (Å²) in [5, 5.41) is 7.70. The molecule has 0 aliphatic carbocycles. The van der Waals surface area contributed by atoms with Crippen LogP contribution in [0.25, 0.3) is 10.9 Å². The number of hydrogen-bond acceptors (Lipinski definition) is 3. The molecule has 3 rings (SSSR count). The van der Waals surface area contributed by atoms with Crippen LogP contribution in [-0.4, -0.2) is 18.6 Å². The van der Waals surface area contributed by atoms with Gasteiger partial charge >= 0.3 is 0 Å². The molecule has 0 saturated carbocycles. The number of rotatable bonds is 2. The van der Waals surface area contributed by atoms with Crippen LogP contribution < -0.4 is 16.2 Å². The van der Waals surface area contributed by atoms with E-state index in [1.807, 2.05) is 7.05 Å². The fraction of sp³-hybridized carbons (Fsp3) is 0.400. The minimum atomic E-state index is 0. The molecule has 1 aliphatic rings. The summed E-state index contributed by atoms with van der Waals surface area (Å²) in [6.45, 7) is 3.05. The monoisotopic (exact) mass is 329 g/mol. The van der Waals surface area contributed by atoms with Gasteiger partial charge in [0.1, 0.15) is 0 Å². The summed E-state index contributed by atoms with van der Waals surface area (Å²) in [7, 11) is 1.94. The van der Waals surface area contributed by atoms with Gasteiger partial charge < -0.3 is 15.6 Å². The van der Waals surface area contributed by atoms with Crippen molar-refractivity contribution in [2.45, 2.75) is 25.8 Å². The van der Waals surface area contributed by atoms with Crippen molar-refractivity contribution >= 4 is 41.4 Å². The molecule has 0 radical (unpaired) electrons. The Hall–Kier alpha value is -1.23. The zero-order chi connectivity index (χ0) is 13.4. The lowest BCUT2D eigenvalue weighted by Crippen LogP contribution is -2.22. The van der Waals surface area contributed by atoms with Gasteiger partial charge in [0, 0.05) is 23.5 Å². The number of aromatic amines is 1. The summed E-state index contributed by atoms with van der Waals surface area (Å²) in [6, 6.07) is 6.57. The summed E-state index contributed by atoms with van der Waals surface area (Å²) in [5.41, 5.74) is 4.06. The van der Waals surface area contributed by atoms with Gasteiger partial charge in [-0.2, -0.15) is 0 Å². The van der Waals surface area contributed by atoms with E-state index in [1.54, 1.807) is 0 Å². The Labute approximate surface area is 136 Å². The fourth-order valence-electron chi connectivity index (χ4n) is 2.71. The molecule has 0 fully saturated rings. The molecule has 4 nitrogen and oxygen atoms in total. The molecule has 1 atom stereocenters. The first kappa shape index (κ1) is 17.8. The average molecular weight is 330 g/mol. The first-order valence-corrected chi connectivity index (χ1v) is 6.80. The number of benzene rings is 1. The Morgan fingerprint density at radius 2 is 2.05 bits per heavy atom. The van der Waals surface area contributed by atoms with Crippen LogP contribution in [0.5, 0.6) is 0 Å². The maximum absolute atomic E-state index is 12.1. The molecule has 0 bridgehead atoms. The zero-order valence-corrected chi connectivity index (χ0v) is 13.8. The highest BCUT2D eigenvalue weighted by molar-refractivity contribution is 5.93. The van der Waals surface area contributed by atoms with E-state index in [1.165, 1.54) is 5.56 Å². The van der Waals surface area contributed by atoms with Crippen molar-refractivity contribution in [3.8, 4) is 0 Å². The molecule has 1 unspecified atom stereocenters. The van der Waals surface area contributed by atoms with E-state index in [2.05, 4.69) is 40.7 Å². The SMILES string of the molecule is CNC(C)c1ccc2c3c(c(=O)[nH]c2c1)CCCN3.Cl.Cl. The number of nitrogens with one attached hydrogen (secondary N) is 3. The Bertz CT molecular complexity index is 684. The van der Waals surface area contributed by atoms with Gasteiger partial charge in [-0.3, -0.25) is 4.79 Å². The third kappa shape index (κ3) is 3.18. The Balaban J connectivity index is 0.00000110. The van der Waals surface area contributed by atoms with Crippen molar-refractivity contribution in [3.63, 3.8) is 0 Å². The molecule has 3 N–H and O–H groups in total. The molecule has 2 aromatic rings. The number of pyridine rings is 1. The zero-order valence-electron chi connectivity index (χ0n) is 12.2. The molecular formula is C15H21Cl2N3O. The van der Waals surface area contributed by atoms with Gasteiger partial charge in [-0.1, -0.05) is 12.1 Å². The van der Waals surface area contributed by atoms with E-state index in [-0.39, 0.29) is 36.4 Å². The average Bonchev–Trinajstić information content (AvgIpc) is 2.46. The molecule has 1 aromatic carbocycles. The normalized spacial score (nSPS) is 14.4. The largest absolute Gasteiger partial charge is 0.384 e. The third-order valence-electron chi connectivity index (χ3n) is 3.98. The molecule has 1 aliphatic heterocycles. The van der Waals surface area contributed by atoms with Crippen molar-refractivity contribution in [3.05, 3.63) is 39.7 Å². The lowest BCUT2D eigenvalue weighted by atomic mass is 9.99. The number of hydrogen-bond donors (Lipinski definition) is 3. The minimum absolute atomic E-state index is 0. The predicted octanol–water partition coefficient (Wildman–Crippen LogP) is 3.01. The first-order valence-electron chi connectivity index (χ1n) is 6.80. The lowest BCUT2D eigenvalue weighted by Gasteiger charge is -2.20. The standard InChI is InChI=1S/C15H19N3O.2ClH/c1-9(16-2)10-5-6-11-13(8-10)18-15(19)12-4-3-7-17-14(11)12;;/h5-6,8-9,16-17H,3-4,7H2,1-2H3,(H,18,19);2*1H. The van der Waals surface area contributed by atoms with Gasteiger partial charge in [0.25, 0.3) is 5.56 Å². The van der Waals surface area contributed by atoms with Crippen LogP contribution >= 0.6 is 24.8 Å². The van der Waals surface area contributed by atoms with Gasteiger partial charge in [-0.15, -0.1) is 24.8 Å². The molecule has 116 valence electrons. The van der Waals surface area contributed by atoms with E-state index in [0.717, 1.165) is 41.5 Å². The van der Waals surface area contributed by atoms with Crippen molar-refractivity contribution in [1.82, 2.24) is 10.3 Å². The van der Waals surface area contributed by atoms with Gasteiger partial charge in [0.15, 0.2) is 0 Å². The van der Waals surface area contributed by atoms with E-state index < -0.39 is 0 Å². The highest BCUT2D eigenvalue weighted by Gasteiger charge is 2.16. The molecule has 0 saturated heterocycles. The molecule has 1 aromatic heterocycles. The van der Waals surface area contributed by atoms with Gasteiger partial charge in [-0.25, -0.2) is 0 Å². The topological polar surface area (TPSA) is 56.9 Å². The van der Waals surface area contributed by atoms with Crippen LogP contribution in [-0.2, 0) is 6.42 Å². The number of H-pyrrole nitrogens is 1. The lowest BCUT2D eigenvalue weighted by molar-refractivity contribution is 0.653. The maximum Gasteiger partial charge on any atom is 0.253 e. The number of fused-ring (bicyclic) bond motifs is 3. The minimum Gasteiger partial charge on any atom is -0.384 e. The molecule has 0 spiro atoms. The van der Waals surface area contributed by atoms with Crippen molar-refractivity contribution < 1.29 is 0 Å². The second-order valence-corrected chi connectivity index (χ2v) is 5.15. The quantitative estimate of drug-likeness (QED) is 0.793. The van der Waals surface area contributed by atoms with Crippen LogP contribution in [0.4, 0.5) is 5.69 Å². The second-order valence-electron chi connectivity index (χ2n) is 5.15. The summed E-state index contributed by atoms with van der Waals surface area (Å²) >= 11 is 0. The van der Waals surface area contributed by atoms with Crippen LogP contribution in [0.3, 0.4) is 0 Å². The van der Waals surface area contributed by atoms with E-state index in [4.69, 9.17) is 0 Å². The summed E-state index contributed by atoms with van der Waals surface area (Å²) in [5.74, 6) is 0. The fourth-order valence-corrected chi connectivity index (χ4v) is 2.71. The number of anilines is 1. The van der Waals surface area contributed by atoms with Gasteiger partial charge in [-0.05, 0) is 38.4 Å². The Morgan fingerprint density at radius 1 is 1.29 bits per heavy atom. The summed E-state index contributed by atoms with van der Waals surface area (Å²) in [4.78, 5) is 15.1.